The van der Waals surface area contributed by atoms with Crippen LogP contribution in [-0.2, 0) is 28.5 Å². The molecule has 3 N–H and O–H groups in total. The SMILES string of the molecule is CC(=O)OC[C@]12C(O)C(O)C(C)=C[C@H]1O[C@@H]1[C@H](O)[C@@H](OC(C)=O)[C@@]2(C)C12CO2. The molecule has 1 spiro atoms. The number of fused-ring (bicyclic) bond motifs is 2. The van der Waals surface area contributed by atoms with Crippen LogP contribution in [0, 0.1) is 10.8 Å². The molecule has 28 heavy (non-hydrogen) atoms. The largest absolute Gasteiger partial charge is 0.465 e. The van der Waals surface area contributed by atoms with Crippen LogP contribution in [0.4, 0.5) is 0 Å². The number of carbonyl (C=O) groups is 2. The van der Waals surface area contributed by atoms with Crippen LogP contribution < -0.4 is 0 Å². The Hall–Kier alpha value is -1.52. The number of hydrogen-bond acceptors (Lipinski definition) is 9. The molecule has 0 aromatic rings. The lowest BCUT2D eigenvalue weighted by molar-refractivity contribution is -0.274. The molecule has 2 bridgehead atoms. The standard InChI is InChI=1S/C19H26O9/c1-8-5-11-18(6-25-9(2)20,14(24)12(8)22)17(4)15(27-10(3)21)13(23)16(28-11)19(17)7-26-19/h5,11-16,22-24H,6-7H2,1-4H3/t11-,12?,13-,14?,15-,16-,17-,18-,19?/m1/s1. The molecule has 0 radical (unpaired) electrons. The number of epoxide rings is 1. The predicted molar refractivity (Wildman–Crippen MR) is 91.8 cm³/mol. The summed E-state index contributed by atoms with van der Waals surface area (Å²) in [5, 5.41) is 32.9. The maximum absolute atomic E-state index is 11.8. The van der Waals surface area contributed by atoms with Gasteiger partial charge in [0.1, 0.15) is 36.6 Å². The van der Waals surface area contributed by atoms with Crippen molar-refractivity contribution >= 4 is 11.9 Å². The Morgan fingerprint density at radius 3 is 2.43 bits per heavy atom. The molecule has 3 unspecified atom stereocenters. The molecule has 2 aliphatic carbocycles. The monoisotopic (exact) mass is 398 g/mol. The van der Waals surface area contributed by atoms with E-state index in [1.165, 1.54) is 13.8 Å². The Labute approximate surface area is 162 Å². The predicted octanol–water partition coefficient (Wildman–Crippen LogP) is -0.933. The summed E-state index contributed by atoms with van der Waals surface area (Å²) < 4.78 is 22.8. The van der Waals surface area contributed by atoms with Gasteiger partial charge in [-0.1, -0.05) is 13.0 Å². The van der Waals surface area contributed by atoms with E-state index in [0.29, 0.717) is 5.57 Å². The maximum atomic E-state index is 11.8. The summed E-state index contributed by atoms with van der Waals surface area (Å²) in [4.78, 5) is 23.4. The van der Waals surface area contributed by atoms with Crippen molar-refractivity contribution in [3.05, 3.63) is 11.6 Å². The van der Waals surface area contributed by atoms with Crippen LogP contribution in [-0.4, -0.2) is 82.7 Å². The molecule has 0 aromatic heterocycles. The molecule has 0 aromatic carbocycles. The molecule has 1 saturated carbocycles. The Bertz CT molecular complexity index is 744. The molecule has 9 heteroatoms. The summed E-state index contributed by atoms with van der Waals surface area (Å²) in [6, 6.07) is 0. The lowest BCUT2D eigenvalue weighted by atomic mass is 9.49. The second kappa shape index (κ2) is 5.99. The maximum Gasteiger partial charge on any atom is 0.303 e. The average molecular weight is 398 g/mol. The van der Waals surface area contributed by atoms with E-state index in [2.05, 4.69) is 0 Å². The van der Waals surface area contributed by atoms with Crippen LogP contribution in [0.1, 0.15) is 27.7 Å². The minimum absolute atomic E-state index is 0.225. The number of aliphatic hydroxyl groups excluding tert-OH is 3. The van der Waals surface area contributed by atoms with Crippen molar-refractivity contribution in [1.29, 1.82) is 0 Å². The van der Waals surface area contributed by atoms with E-state index in [-0.39, 0.29) is 13.2 Å². The van der Waals surface area contributed by atoms with E-state index in [0.717, 1.165) is 0 Å². The molecular formula is C19H26O9. The van der Waals surface area contributed by atoms with Crippen molar-refractivity contribution in [2.24, 2.45) is 10.8 Å². The highest BCUT2D eigenvalue weighted by molar-refractivity contribution is 5.67. The highest BCUT2D eigenvalue weighted by Crippen LogP contribution is 2.72. The van der Waals surface area contributed by atoms with Gasteiger partial charge in [-0.25, -0.2) is 0 Å². The lowest BCUT2D eigenvalue weighted by Crippen LogP contribution is -2.73. The van der Waals surface area contributed by atoms with E-state index in [1.54, 1.807) is 19.9 Å². The number of hydrogen-bond donors (Lipinski definition) is 3. The van der Waals surface area contributed by atoms with E-state index in [4.69, 9.17) is 18.9 Å². The van der Waals surface area contributed by atoms with E-state index < -0.39 is 65.0 Å². The molecule has 2 heterocycles. The first kappa shape index (κ1) is 19.8. The van der Waals surface area contributed by atoms with E-state index in [9.17, 15) is 24.9 Å². The lowest BCUT2D eigenvalue weighted by Gasteiger charge is -2.60. The molecule has 9 nitrogen and oxygen atoms in total. The summed E-state index contributed by atoms with van der Waals surface area (Å²) in [5.74, 6) is -1.18. The quantitative estimate of drug-likeness (QED) is 0.313. The van der Waals surface area contributed by atoms with Crippen molar-refractivity contribution in [3.8, 4) is 0 Å². The smallest absolute Gasteiger partial charge is 0.303 e. The van der Waals surface area contributed by atoms with Crippen molar-refractivity contribution < 1.29 is 43.9 Å². The van der Waals surface area contributed by atoms with Gasteiger partial charge in [0.2, 0.25) is 0 Å². The second-order valence-electron chi connectivity index (χ2n) is 8.50. The first-order chi connectivity index (χ1) is 13.0. The molecular weight excluding hydrogens is 372 g/mol. The first-order valence-corrected chi connectivity index (χ1v) is 9.35. The van der Waals surface area contributed by atoms with Crippen molar-refractivity contribution in [3.63, 3.8) is 0 Å². The minimum atomic E-state index is -1.41. The molecule has 4 rings (SSSR count). The highest BCUT2D eigenvalue weighted by atomic mass is 16.7. The third-order valence-corrected chi connectivity index (χ3v) is 7.27. The molecule has 3 fully saturated rings. The average Bonchev–Trinajstić information content (AvgIpc) is 3.39. The topological polar surface area (TPSA) is 135 Å². The van der Waals surface area contributed by atoms with E-state index >= 15 is 0 Å². The highest BCUT2D eigenvalue weighted by Gasteiger charge is 2.87. The molecule has 0 amide bonds. The van der Waals surface area contributed by atoms with Crippen molar-refractivity contribution in [2.75, 3.05) is 13.2 Å². The van der Waals surface area contributed by atoms with Crippen molar-refractivity contribution in [2.45, 2.75) is 69.9 Å². The zero-order valence-electron chi connectivity index (χ0n) is 16.2. The molecule has 2 saturated heterocycles. The number of rotatable bonds is 3. The van der Waals surface area contributed by atoms with Gasteiger partial charge in [-0.15, -0.1) is 0 Å². The van der Waals surface area contributed by atoms with Crippen LogP contribution in [0.2, 0.25) is 0 Å². The summed E-state index contributed by atoms with van der Waals surface area (Å²) in [7, 11) is 0. The van der Waals surface area contributed by atoms with Gasteiger partial charge in [0.15, 0.2) is 0 Å². The fraction of sp³-hybridized carbons (Fsp3) is 0.789. The fourth-order valence-electron chi connectivity index (χ4n) is 5.71. The Balaban J connectivity index is 1.93. The third-order valence-electron chi connectivity index (χ3n) is 7.27. The molecule has 4 aliphatic rings. The van der Waals surface area contributed by atoms with Gasteiger partial charge in [0.25, 0.3) is 0 Å². The Kier molecular flexibility index (Phi) is 4.23. The summed E-state index contributed by atoms with van der Waals surface area (Å²) >= 11 is 0. The van der Waals surface area contributed by atoms with E-state index in [1.807, 2.05) is 0 Å². The zero-order chi connectivity index (χ0) is 20.6. The third kappa shape index (κ3) is 2.14. The first-order valence-electron chi connectivity index (χ1n) is 9.35. The number of ether oxygens (including phenoxy) is 4. The second-order valence-corrected chi connectivity index (χ2v) is 8.50. The molecule has 9 atom stereocenters. The normalized spacial score (nSPS) is 51.3. The number of carbonyl (C=O) groups excluding carboxylic acids is 2. The van der Waals surface area contributed by atoms with Gasteiger partial charge >= 0.3 is 11.9 Å². The fourth-order valence-corrected chi connectivity index (χ4v) is 5.71. The van der Waals surface area contributed by atoms with Crippen LogP contribution >= 0.6 is 0 Å². The van der Waals surface area contributed by atoms with Crippen LogP contribution in [0.3, 0.4) is 0 Å². The number of aliphatic hydroxyl groups is 3. The van der Waals surface area contributed by atoms with Gasteiger partial charge in [-0.2, -0.15) is 0 Å². The van der Waals surface area contributed by atoms with Crippen LogP contribution in [0.5, 0.6) is 0 Å². The Morgan fingerprint density at radius 1 is 1.25 bits per heavy atom. The summed E-state index contributed by atoms with van der Waals surface area (Å²) in [6.45, 7) is 5.79. The van der Waals surface area contributed by atoms with Crippen LogP contribution in [0.25, 0.3) is 0 Å². The minimum Gasteiger partial charge on any atom is -0.465 e. The van der Waals surface area contributed by atoms with Gasteiger partial charge < -0.3 is 34.3 Å². The van der Waals surface area contributed by atoms with Gasteiger partial charge in [0, 0.05) is 13.8 Å². The molecule has 156 valence electrons. The Morgan fingerprint density at radius 2 is 1.89 bits per heavy atom. The zero-order valence-corrected chi connectivity index (χ0v) is 16.2. The molecule has 2 aliphatic heterocycles. The summed E-state index contributed by atoms with van der Waals surface area (Å²) in [5.41, 5.74) is -3.11. The van der Waals surface area contributed by atoms with Gasteiger partial charge in [-0.3, -0.25) is 9.59 Å². The van der Waals surface area contributed by atoms with Crippen LogP contribution in [0.15, 0.2) is 11.6 Å². The van der Waals surface area contributed by atoms with Crippen molar-refractivity contribution in [1.82, 2.24) is 0 Å². The number of esters is 2. The van der Waals surface area contributed by atoms with Gasteiger partial charge in [0.05, 0.1) is 29.6 Å². The summed E-state index contributed by atoms with van der Waals surface area (Å²) in [6.07, 6.45) is -4.83. The van der Waals surface area contributed by atoms with Gasteiger partial charge in [-0.05, 0) is 12.5 Å².